The fraction of sp³-hybridized carbons (Fsp3) is 0.316. The molecule has 25 heavy (non-hydrogen) atoms. The lowest BCUT2D eigenvalue weighted by Crippen LogP contribution is -2.28. The van der Waals surface area contributed by atoms with Crippen molar-refractivity contribution in [3.05, 3.63) is 62.2 Å². The molecule has 0 aliphatic heterocycles. The van der Waals surface area contributed by atoms with Gasteiger partial charge < -0.3 is 9.88 Å². The quantitative estimate of drug-likeness (QED) is 0.761. The summed E-state index contributed by atoms with van der Waals surface area (Å²) < 4.78 is 1.56. The van der Waals surface area contributed by atoms with Crippen LogP contribution < -0.4 is 10.9 Å². The number of benzene rings is 1. The first-order valence-electron chi connectivity index (χ1n) is 8.33. The third kappa shape index (κ3) is 3.49. The van der Waals surface area contributed by atoms with E-state index in [1.165, 1.54) is 0 Å². The first-order valence-corrected chi connectivity index (χ1v) is 9.21. The molecule has 0 bridgehead atoms. The number of nitrogens with one attached hydrogen (secondary N) is 1. The largest absolute Gasteiger partial charge is 0.344 e. The molecular weight excluding hydrogens is 334 g/mol. The Labute approximate surface area is 150 Å². The number of hydrogen-bond acceptors (Lipinski definition) is 4. The Kier molecular flexibility index (Phi) is 4.99. The summed E-state index contributed by atoms with van der Waals surface area (Å²) in [5.74, 6) is -0.123. The standard InChI is InChI=1S/C19H21N3O2S/c1-4-6-14(17-7-5-10-25-17)21-18(23)13-8-9-16-15(11-13)20-12(2)19(24)22(16)3/h5,7-11,14H,4,6H2,1-3H3,(H,21,23)/t14-/m0/s1. The van der Waals surface area contributed by atoms with Gasteiger partial charge in [0.25, 0.3) is 11.5 Å². The van der Waals surface area contributed by atoms with Crippen molar-refractivity contribution in [3.63, 3.8) is 0 Å². The average molecular weight is 355 g/mol. The predicted molar refractivity (Wildman–Crippen MR) is 101 cm³/mol. The van der Waals surface area contributed by atoms with Gasteiger partial charge in [-0.05, 0) is 43.0 Å². The van der Waals surface area contributed by atoms with E-state index in [1.54, 1.807) is 48.1 Å². The van der Waals surface area contributed by atoms with E-state index in [0.717, 1.165) is 23.2 Å². The van der Waals surface area contributed by atoms with E-state index in [1.807, 2.05) is 17.5 Å². The van der Waals surface area contributed by atoms with Gasteiger partial charge in [0.05, 0.1) is 17.1 Å². The van der Waals surface area contributed by atoms with Gasteiger partial charge in [0.1, 0.15) is 5.69 Å². The van der Waals surface area contributed by atoms with Gasteiger partial charge in [0, 0.05) is 17.5 Å². The van der Waals surface area contributed by atoms with Crippen LogP contribution in [-0.4, -0.2) is 15.5 Å². The van der Waals surface area contributed by atoms with Crippen LogP contribution in [0.5, 0.6) is 0 Å². The lowest BCUT2D eigenvalue weighted by atomic mass is 10.1. The third-order valence-electron chi connectivity index (χ3n) is 4.27. The number of nitrogens with zero attached hydrogens (tertiary/aromatic N) is 2. The molecule has 2 aromatic heterocycles. The monoisotopic (exact) mass is 355 g/mol. The van der Waals surface area contributed by atoms with Crippen LogP contribution >= 0.6 is 11.3 Å². The van der Waals surface area contributed by atoms with Gasteiger partial charge in [-0.15, -0.1) is 11.3 Å². The number of amides is 1. The number of rotatable bonds is 5. The molecule has 6 heteroatoms. The Morgan fingerprint density at radius 3 is 2.84 bits per heavy atom. The van der Waals surface area contributed by atoms with Crippen LogP contribution in [-0.2, 0) is 7.05 Å². The number of carbonyl (C=O) groups excluding carboxylic acids is 1. The van der Waals surface area contributed by atoms with Gasteiger partial charge in [-0.2, -0.15) is 0 Å². The van der Waals surface area contributed by atoms with Gasteiger partial charge in [0.15, 0.2) is 0 Å². The maximum absolute atomic E-state index is 12.7. The molecule has 1 N–H and O–H groups in total. The molecule has 5 nitrogen and oxygen atoms in total. The van der Waals surface area contributed by atoms with Crippen molar-refractivity contribution in [2.75, 3.05) is 0 Å². The second kappa shape index (κ2) is 7.19. The molecule has 0 unspecified atom stereocenters. The van der Waals surface area contributed by atoms with Crippen LogP contribution in [0.2, 0.25) is 0 Å². The molecule has 3 rings (SSSR count). The van der Waals surface area contributed by atoms with Crippen LogP contribution in [0, 0.1) is 6.92 Å². The highest BCUT2D eigenvalue weighted by Crippen LogP contribution is 2.24. The van der Waals surface area contributed by atoms with E-state index < -0.39 is 0 Å². The summed E-state index contributed by atoms with van der Waals surface area (Å²) in [4.78, 5) is 30.2. The SMILES string of the molecule is CCC[C@H](NC(=O)c1ccc2c(c1)nc(C)c(=O)n2C)c1cccs1. The van der Waals surface area contributed by atoms with Crippen molar-refractivity contribution < 1.29 is 4.79 Å². The van der Waals surface area contributed by atoms with Crippen molar-refractivity contribution in [2.45, 2.75) is 32.7 Å². The smallest absolute Gasteiger partial charge is 0.272 e. The van der Waals surface area contributed by atoms with Gasteiger partial charge in [-0.1, -0.05) is 19.4 Å². The van der Waals surface area contributed by atoms with Crippen molar-refractivity contribution in [1.29, 1.82) is 0 Å². The molecule has 0 saturated carbocycles. The Balaban J connectivity index is 1.91. The Morgan fingerprint density at radius 2 is 2.16 bits per heavy atom. The molecule has 3 aromatic rings. The van der Waals surface area contributed by atoms with Gasteiger partial charge in [-0.3, -0.25) is 9.59 Å². The summed E-state index contributed by atoms with van der Waals surface area (Å²) in [6, 6.07) is 9.32. The number of thiophene rings is 1. The lowest BCUT2D eigenvalue weighted by Gasteiger charge is -2.17. The van der Waals surface area contributed by atoms with Gasteiger partial charge in [0.2, 0.25) is 0 Å². The van der Waals surface area contributed by atoms with Crippen molar-refractivity contribution >= 4 is 28.3 Å². The highest BCUT2D eigenvalue weighted by molar-refractivity contribution is 7.10. The normalized spacial score (nSPS) is 12.3. The fourth-order valence-electron chi connectivity index (χ4n) is 2.92. The summed E-state index contributed by atoms with van der Waals surface area (Å²) in [6.07, 6.45) is 1.88. The second-order valence-electron chi connectivity index (χ2n) is 6.10. The molecule has 0 aliphatic rings. The minimum absolute atomic E-state index is 0.0167. The van der Waals surface area contributed by atoms with Crippen LogP contribution in [0.1, 0.15) is 46.7 Å². The summed E-state index contributed by atoms with van der Waals surface area (Å²) in [6.45, 7) is 3.79. The number of hydrogen-bond donors (Lipinski definition) is 1. The summed E-state index contributed by atoms with van der Waals surface area (Å²) >= 11 is 1.65. The van der Waals surface area contributed by atoms with Crippen LogP contribution in [0.3, 0.4) is 0 Å². The summed E-state index contributed by atoms with van der Waals surface area (Å²) in [7, 11) is 1.72. The summed E-state index contributed by atoms with van der Waals surface area (Å²) in [5.41, 5.74) is 2.22. The Morgan fingerprint density at radius 1 is 1.36 bits per heavy atom. The molecule has 0 fully saturated rings. The van der Waals surface area contributed by atoms with E-state index in [-0.39, 0.29) is 17.5 Å². The molecular formula is C19H21N3O2S. The predicted octanol–water partition coefficient (Wildman–Crippen LogP) is 3.57. The van der Waals surface area contributed by atoms with Crippen molar-refractivity contribution in [3.8, 4) is 0 Å². The molecule has 0 saturated heterocycles. The van der Waals surface area contributed by atoms with Crippen LogP contribution in [0.15, 0.2) is 40.5 Å². The zero-order valence-corrected chi connectivity index (χ0v) is 15.4. The van der Waals surface area contributed by atoms with E-state index in [0.29, 0.717) is 16.8 Å². The minimum Gasteiger partial charge on any atom is -0.344 e. The highest BCUT2D eigenvalue weighted by Gasteiger charge is 2.17. The van der Waals surface area contributed by atoms with E-state index in [4.69, 9.17) is 0 Å². The van der Waals surface area contributed by atoms with E-state index in [2.05, 4.69) is 17.2 Å². The van der Waals surface area contributed by atoms with Gasteiger partial charge in [-0.25, -0.2) is 4.98 Å². The first kappa shape index (κ1) is 17.4. The fourth-order valence-corrected chi connectivity index (χ4v) is 3.74. The molecule has 2 heterocycles. The second-order valence-corrected chi connectivity index (χ2v) is 7.07. The molecule has 1 amide bonds. The molecule has 1 aromatic carbocycles. The molecule has 0 spiro atoms. The minimum atomic E-state index is -0.123. The van der Waals surface area contributed by atoms with E-state index in [9.17, 15) is 9.59 Å². The van der Waals surface area contributed by atoms with Crippen LogP contribution in [0.4, 0.5) is 0 Å². The third-order valence-corrected chi connectivity index (χ3v) is 5.26. The average Bonchev–Trinajstić information content (AvgIpc) is 3.13. The van der Waals surface area contributed by atoms with E-state index >= 15 is 0 Å². The Hall–Kier alpha value is -2.47. The molecule has 0 radical (unpaired) electrons. The van der Waals surface area contributed by atoms with Gasteiger partial charge >= 0.3 is 0 Å². The first-order chi connectivity index (χ1) is 12.0. The van der Waals surface area contributed by atoms with Crippen molar-refractivity contribution in [2.24, 2.45) is 7.05 Å². The summed E-state index contributed by atoms with van der Waals surface area (Å²) in [5, 5.41) is 5.14. The number of aromatic nitrogens is 2. The number of carbonyl (C=O) groups is 1. The number of aryl methyl sites for hydroxylation is 2. The Bertz CT molecular complexity index is 961. The number of fused-ring (bicyclic) bond motifs is 1. The maximum Gasteiger partial charge on any atom is 0.272 e. The topological polar surface area (TPSA) is 64.0 Å². The molecule has 130 valence electrons. The highest BCUT2D eigenvalue weighted by atomic mass is 32.1. The van der Waals surface area contributed by atoms with Crippen molar-refractivity contribution in [1.82, 2.24) is 14.9 Å². The lowest BCUT2D eigenvalue weighted by molar-refractivity contribution is 0.0935. The molecule has 0 aliphatic carbocycles. The zero-order valence-electron chi connectivity index (χ0n) is 14.6. The van der Waals surface area contributed by atoms with Crippen LogP contribution in [0.25, 0.3) is 11.0 Å². The maximum atomic E-state index is 12.7. The molecule has 1 atom stereocenters. The zero-order chi connectivity index (χ0) is 18.0.